The molecule has 0 aliphatic heterocycles. The van der Waals surface area contributed by atoms with Crippen LogP contribution in [0.2, 0.25) is 0 Å². The molecule has 52 heavy (non-hydrogen) atoms. The van der Waals surface area contributed by atoms with Crippen LogP contribution in [0, 0.1) is 6.92 Å². The number of carbonyl (C=O) groups is 3. The van der Waals surface area contributed by atoms with Crippen LogP contribution in [0.4, 0.5) is 11.4 Å². The Hall–Kier alpha value is -7.19. The number of amides is 2. The zero-order valence-corrected chi connectivity index (χ0v) is 28.2. The van der Waals surface area contributed by atoms with Crippen LogP contribution >= 0.6 is 0 Å². The summed E-state index contributed by atoms with van der Waals surface area (Å²) < 4.78 is 0. The summed E-state index contributed by atoms with van der Waals surface area (Å²) in [7, 11) is 0. The van der Waals surface area contributed by atoms with E-state index in [1.807, 2.05) is 67.6 Å². The van der Waals surface area contributed by atoms with Gasteiger partial charge in [0.15, 0.2) is 0 Å². The Kier molecular flexibility index (Phi) is 12.1. The van der Waals surface area contributed by atoms with E-state index in [9.17, 15) is 29.7 Å². The first-order valence-electron chi connectivity index (χ1n) is 16.3. The lowest BCUT2D eigenvalue weighted by atomic mass is 10.1. The van der Waals surface area contributed by atoms with Crippen molar-refractivity contribution in [1.29, 1.82) is 0 Å². The summed E-state index contributed by atoms with van der Waals surface area (Å²) >= 11 is 0. The second-order valence-electron chi connectivity index (χ2n) is 11.6. The van der Waals surface area contributed by atoms with Gasteiger partial charge in [-0.05, 0) is 78.2 Å². The number of carboxylic acid groups (broad SMARTS) is 1. The Morgan fingerprint density at radius 3 is 1.40 bits per heavy atom. The standard InChI is InChI=1S/C22H17NO4.C22H19NO2/c24-20-9-5-4-6-16(20)12-10-15-11-13-18(22(26)27)19(14-15)23-21(25)17-7-2-1-3-8-17;1-16-11-12-17(13-14-18-7-5-6-10-21(18)24)15-20(16)23-22(25)19-8-3-2-4-9-19/h1-14,24H,(H,23,25)(H,26,27);2-15,24H,1H3,(H,23,25)/b12-10+;14-13+. The van der Waals surface area contributed by atoms with E-state index < -0.39 is 5.97 Å². The molecule has 0 unspecified atom stereocenters. The lowest BCUT2D eigenvalue weighted by Gasteiger charge is -2.10. The number of phenols is 2. The number of carboxylic acids is 1. The van der Waals surface area contributed by atoms with Crippen molar-refractivity contribution >= 4 is 53.5 Å². The van der Waals surface area contributed by atoms with E-state index in [2.05, 4.69) is 10.6 Å². The minimum Gasteiger partial charge on any atom is -0.507 e. The summed E-state index contributed by atoms with van der Waals surface area (Å²) in [6.07, 6.45) is 7.21. The van der Waals surface area contributed by atoms with Crippen LogP contribution in [-0.2, 0) is 0 Å². The molecule has 0 aliphatic rings. The number of benzene rings is 6. The molecule has 0 spiro atoms. The number of aromatic hydroxyl groups is 2. The van der Waals surface area contributed by atoms with E-state index in [1.165, 1.54) is 6.07 Å². The van der Waals surface area contributed by atoms with Gasteiger partial charge in [0.1, 0.15) is 11.5 Å². The first kappa shape index (κ1) is 36.1. The maximum absolute atomic E-state index is 12.4. The number of rotatable bonds is 9. The summed E-state index contributed by atoms with van der Waals surface area (Å²) in [4.78, 5) is 36.2. The SMILES string of the molecule is Cc1ccc(/C=C/c2ccccc2O)cc1NC(=O)c1ccccc1.O=C(Nc1cc(/C=C/c2ccccc2O)ccc1C(=O)O)c1ccccc1. The average molecular weight is 689 g/mol. The summed E-state index contributed by atoms with van der Waals surface area (Å²) in [6.45, 7) is 1.96. The van der Waals surface area contributed by atoms with Crippen LogP contribution in [0.3, 0.4) is 0 Å². The van der Waals surface area contributed by atoms with Crippen molar-refractivity contribution in [1.82, 2.24) is 0 Å². The molecule has 0 atom stereocenters. The van der Waals surface area contributed by atoms with Gasteiger partial charge in [0.2, 0.25) is 0 Å². The third-order valence-corrected chi connectivity index (χ3v) is 7.89. The van der Waals surface area contributed by atoms with Gasteiger partial charge in [-0.15, -0.1) is 0 Å². The van der Waals surface area contributed by atoms with Crippen molar-refractivity contribution in [3.8, 4) is 11.5 Å². The van der Waals surface area contributed by atoms with Crippen molar-refractivity contribution in [3.63, 3.8) is 0 Å². The fraction of sp³-hybridized carbons (Fsp3) is 0.0227. The quantitative estimate of drug-likeness (QED) is 0.0960. The Morgan fingerprint density at radius 2 is 0.923 bits per heavy atom. The van der Waals surface area contributed by atoms with Crippen molar-refractivity contribution in [2.24, 2.45) is 0 Å². The third kappa shape index (κ3) is 9.93. The summed E-state index contributed by atoms with van der Waals surface area (Å²) in [5, 5.41) is 34.6. The molecule has 2 amide bonds. The lowest BCUT2D eigenvalue weighted by molar-refractivity contribution is 0.0697. The molecule has 0 aromatic heterocycles. The van der Waals surface area contributed by atoms with E-state index in [1.54, 1.807) is 103 Å². The van der Waals surface area contributed by atoms with Crippen molar-refractivity contribution in [2.45, 2.75) is 6.92 Å². The number of phenolic OH excluding ortho intramolecular Hbond substituents is 2. The highest BCUT2D eigenvalue weighted by Crippen LogP contribution is 2.24. The van der Waals surface area contributed by atoms with E-state index in [0.717, 1.165) is 22.4 Å². The number of aromatic carboxylic acids is 1. The van der Waals surface area contributed by atoms with Crippen LogP contribution in [0.1, 0.15) is 58.9 Å². The molecule has 6 aromatic carbocycles. The van der Waals surface area contributed by atoms with Crippen LogP contribution in [0.5, 0.6) is 11.5 Å². The molecule has 6 aromatic rings. The number of nitrogens with one attached hydrogen (secondary N) is 2. The number of anilines is 2. The third-order valence-electron chi connectivity index (χ3n) is 7.89. The predicted molar refractivity (Wildman–Crippen MR) is 207 cm³/mol. The Morgan fingerprint density at radius 1 is 0.500 bits per heavy atom. The zero-order chi connectivity index (χ0) is 36.9. The van der Waals surface area contributed by atoms with Crippen molar-refractivity contribution in [2.75, 3.05) is 10.6 Å². The van der Waals surface area contributed by atoms with Crippen molar-refractivity contribution in [3.05, 3.63) is 190 Å². The molecular formula is C44H36N2O6. The normalized spacial score (nSPS) is 10.7. The highest BCUT2D eigenvalue weighted by atomic mass is 16.4. The molecule has 8 heteroatoms. The van der Waals surface area contributed by atoms with Gasteiger partial charge in [-0.1, -0.05) is 115 Å². The number of hydrogen-bond acceptors (Lipinski definition) is 5. The first-order valence-corrected chi connectivity index (χ1v) is 16.3. The summed E-state index contributed by atoms with van der Waals surface area (Å²) in [6, 6.07) is 42.3. The molecule has 0 bridgehead atoms. The molecule has 6 rings (SSSR count). The molecular weight excluding hydrogens is 652 g/mol. The molecule has 0 saturated heterocycles. The van der Waals surface area contributed by atoms with Gasteiger partial charge in [-0.3, -0.25) is 9.59 Å². The van der Waals surface area contributed by atoms with E-state index >= 15 is 0 Å². The van der Waals surface area contributed by atoms with Crippen molar-refractivity contribution < 1.29 is 29.7 Å². The zero-order valence-electron chi connectivity index (χ0n) is 28.2. The number of aryl methyl sites for hydroxylation is 1. The number of hydrogen-bond donors (Lipinski definition) is 5. The predicted octanol–water partition coefficient (Wildman–Crippen LogP) is 9.64. The number of carbonyl (C=O) groups excluding carboxylic acids is 2. The Labute approximate surface area is 301 Å². The topological polar surface area (TPSA) is 136 Å². The van der Waals surface area contributed by atoms with Crippen LogP contribution in [0.15, 0.2) is 146 Å². The minimum absolute atomic E-state index is 0.000936. The van der Waals surface area contributed by atoms with Gasteiger partial charge in [0, 0.05) is 27.9 Å². The molecule has 0 radical (unpaired) electrons. The molecule has 0 aliphatic carbocycles. The first-order chi connectivity index (χ1) is 25.2. The van der Waals surface area contributed by atoms with E-state index in [0.29, 0.717) is 22.3 Å². The summed E-state index contributed by atoms with van der Waals surface area (Å²) in [5.74, 6) is -1.27. The molecule has 0 saturated carbocycles. The largest absolute Gasteiger partial charge is 0.507 e. The second-order valence-corrected chi connectivity index (χ2v) is 11.6. The van der Waals surface area contributed by atoms with Gasteiger partial charge in [-0.25, -0.2) is 4.79 Å². The van der Waals surface area contributed by atoms with Gasteiger partial charge >= 0.3 is 5.97 Å². The number of para-hydroxylation sites is 2. The van der Waals surface area contributed by atoms with E-state index in [4.69, 9.17) is 0 Å². The smallest absolute Gasteiger partial charge is 0.337 e. The average Bonchev–Trinajstić information content (AvgIpc) is 3.16. The Balaban J connectivity index is 0.000000202. The van der Waals surface area contributed by atoms with Gasteiger partial charge in [0.25, 0.3) is 11.8 Å². The highest BCUT2D eigenvalue weighted by molar-refractivity contribution is 6.08. The maximum atomic E-state index is 12.4. The highest BCUT2D eigenvalue weighted by Gasteiger charge is 2.14. The fourth-order valence-corrected chi connectivity index (χ4v) is 5.03. The molecule has 5 N–H and O–H groups in total. The monoisotopic (exact) mass is 688 g/mol. The van der Waals surface area contributed by atoms with Gasteiger partial charge < -0.3 is 26.0 Å². The molecule has 0 fully saturated rings. The summed E-state index contributed by atoms with van der Waals surface area (Å²) in [5.41, 5.74) is 6.03. The van der Waals surface area contributed by atoms with Gasteiger partial charge in [0.05, 0.1) is 11.3 Å². The molecule has 0 heterocycles. The fourth-order valence-electron chi connectivity index (χ4n) is 5.03. The van der Waals surface area contributed by atoms with Crippen LogP contribution in [-0.4, -0.2) is 33.1 Å². The maximum Gasteiger partial charge on any atom is 0.337 e. The molecule has 8 nitrogen and oxygen atoms in total. The minimum atomic E-state index is -1.13. The molecule has 258 valence electrons. The second kappa shape index (κ2) is 17.5. The van der Waals surface area contributed by atoms with E-state index in [-0.39, 0.29) is 34.6 Å². The van der Waals surface area contributed by atoms with Crippen LogP contribution < -0.4 is 10.6 Å². The lowest BCUT2D eigenvalue weighted by Crippen LogP contribution is -2.14. The Bertz CT molecular complexity index is 2250. The van der Waals surface area contributed by atoms with Crippen LogP contribution in [0.25, 0.3) is 24.3 Å². The van der Waals surface area contributed by atoms with Gasteiger partial charge in [-0.2, -0.15) is 0 Å².